The van der Waals surface area contributed by atoms with E-state index in [2.05, 4.69) is 143 Å². The fourth-order valence-corrected chi connectivity index (χ4v) is 7.23. The zero-order chi connectivity index (χ0) is 23.9. The van der Waals surface area contributed by atoms with Crippen molar-refractivity contribution in [2.45, 2.75) is 5.41 Å². The third-order valence-corrected chi connectivity index (χ3v) is 8.63. The van der Waals surface area contributed by atoms with Crippen LogP contribution in [-0.4, -0.2) is 0 Å². The minimum absolute atomic E-state index is 0.425. The molecule has 6 aromatic rings. The molecule has 0 heterocycles. The van der Waals surface area contributed by atoms with E-state index in [-0.39, 0.29) is 0 Å². The highest BCUT2D eigenvalue weighted by molar-refractivity contribution is 9.10. The first-order valence-electron chi connectivity index (χ1n) is 12.4. The summed E-state index contributed by atoms with van der Waals surface area (Å²) in [4.78, 5) is 0. The third kappa shape index (κ3) is 2.44. The van der Waals surface area contributed by atoms with Crippen LogP contribution < -0.4 is 0 Å². The van der Waals surface area contributed by atoms with Gasteiger partial charge in [-0.15, -0.1) is 0 Å². The lowest BCUT2D eigenvalue weighted by atomic mass is 9.65. The van der Waals surface area contributed by atoms with E-state index < -0.39 is 5.41 Å². The molecule has 0 fully saturated rings. The summed E-state index contributed by atoms with van der Waals surface area (Å²) in [5.41, 5.74) is 10.2. The molecule has 2 aliphatic carbocycles. The Morgan fingerprint density at radius 3 is 1.89 bits per heavy atom. The van der Waals surface area contributed by atoms with Crippen LogP contribution in [0.3, 0.4) is 0 Å². The molecule has 1 unspecified atom stereocenters. The van der Waals surface area contributed by atoms with Crippen LogP contribution in [0.1, 0.15) is 33.4 Å². The largest absolute Gasteiger partial charge is 0.0731 e. The molecule has 8 rings (SSSR count). The number of hydrogen-bond acceptors (Lipinski definition) is 0. The summed E-state index contributed by atoms with van der Waals surface area (Å²) in [5, 5.41) is 5.28. The summed E-state index contributed by atoms with van der Waals surface area (Å²) in [6, 6.07) is 42.7. The van der Waals surface area contributed by atoms with Gasteiger partial charge in [0, 0.05) is 4.47 Å². The second-order valence-electron chi connectivity index (χ2n) is 9.79. The quantitative estimate of drug-likeness (QED) is 0.174. The summed E-state index contributed by atoms with van der Waals surface area (Å²) in [6.07, 6.45) is 4.58. The fraction of sp³-hybridized carbons (Fsp3) is 0.0286. The summed E-state index contributed by atoms with van der Waals surface area (Å²) in [7, 11) is 0. The van der Waals surface area contributed by atoms with Crippen LogP contribution in [0.15, 0.2) is 120 Å². The number of halogens is 1. The highest BCUT2D eigenvalue weighted by atomic mass is 79.9. The van der Waals surface area contributed by atoms with Crippen LogP contribution in [0.25, 0.3) is 44.8 Å². The Balaban J connectivity index is 1.72. The molecule has 0 N–H and O–H groups in total. The summed E-state index contributed by atoms with van der Waals surface area (Å²) in [6.45, 7) is 0. The third-order valence-electron chi connectivity index (χ3n) is 8.13. The molecule has 0 bridgehead atoms. The van der Waals surface area contributed by atoms with Gasteiger partial charge in [0.05, 0.1) is 5.41 Å². The van der Waals surface area contributed by atoms with E-state index >= 15 is 0 Å². The second-order valence-corrected chi connectivity index (χ2v) is 10.7. The fourth-order valence-electron chi connectivity index (χ4n) is 6.85. The summed E-state index contributed by atoms with van der Waals surface area (Å²) < 4.78 is 1.10. The van der Waals surface area contributed by atoms with Crippen molar-refractivity contribution in [3.63, 3.8) is 0 Å². The van der Waals surface area contributed by atoms with Crippen molar-refractivity contribution < 1.29 is 0 Å². The Kier molecular flexibility index (Phi) is 4.10. The van der Waals surface area contributed by atoms with Crippen LogP contribution in [0.5, 0.6) is 0 Å². The van der Waals surface area contributed by atoms with E-state index in [4.69, 9.17) is 0 Å². The van der Waals surface area contributed by atoms with Gasteiger partial charge >= 0.3 is 0 Å². The highest BCUT2D eigenvalue weighted by Gasteiger charge is 2.49. The molecule has 1 spiro atoms. The smallest absolute Gasteiger partial charge is 0.0619 e. The molecule has 168 valence electrons. The van der Waals surface area contributed by atoms with Gasteiger partial charge in [0.25, 0.3) is 0 Å². The maximum Gasteiger partial charge on any atom is 0.0731 e. The number of benzene rings is 6. The van der Waals surface area contributed by atoms with Gasteiger partial charge in [0.15, 0.2) is 0 Å². The predicted molar refractivity (Wildman–Crippen MR) is 155 cm³/mol. The van der Waals surface area contributed by atoms with Crippen LogP contribution in [0.2, 0.25) is 0 Å². The molecular weight excluding hydrogens is 500 g/mol. The van der Waals surface area contributed by atoms with Crippen LogP contribution in [-0.2, 0) is 5.41 Å². The molecule has 0 saturated carbocycles. The van der Waals surface area contributed by atoms with Gasteiger partial charge in [-0.1, -0.05) is 131 Å². The first kappa shape index (κ1) is 20.3. The van der Waals surface area contributed by atoms with E-state index in [1.54, 1.807) is 0 Å². The normalized spacial score (nSPS) is 17.0. The van der Waals surface area contributed by atoms with E-state index in [1.807, 2.05) is 0 Å². The molecule has 1 heteroatoms. The van der Waals surface area contributed by atoms with Crippen molar-refractivity contribution in [1.82, 2.24) is 0 Å². The minimum Gasteiger partial charge on any atom is -0.0619 e. The zero-order valence-corrected chi connectivity index (χ0v) is 21.1. The van der Waals surface area contributed by atoms with E-state index in [1.165, 1.54) is 66.1 Å². The van der Waals surface area contributed by atoms with Crippen LogP contribution >= 0.6 is 15.9 Å². The van der Waals surface area contributed by atoms with Gasteiger partial charge < -0.3 is 0 Å². The summed E-state index contributed by atoms with van der Waals surface area (Å²) >= 11 is 3.75. The average Bonchev–Trinajstić information content (AvgIpc) is 3.16. The summed E-state index contributed by atoms with van der Waals surface area (Å²) in [5.74, 6) is 0. The van der Waals surface area contributed by atoms with Crippen molar-refractivity contribution in [3.8, 4) is 11.1 Å². The average molecular weight is 521 g/mol. The Morgan fingerprint density at radius 1 is 0.472 bits per heavy atom. The molecule has 1 atom stereocenters. The number of rotatable bonds is 0. The van der Waals surface area contributed by atoms with E-state index in [0.717, 1.165) is 4.47 Å². The van der Waals surface area contributed by atoms with Gasteiger partial charge in [-0.25, -0.2) is 0 Å². The van der Waals surface area contributed by atoms with Crippen molar-refractivity contribution in [2.24, 2.45) is 0 Å². The molecule has 0 aliphatic heterocycles. The molecule has 36 heavy (non-hydrogen) atoms. The molecule has 0 aromatic heterocycles. The Bertz CT molecular complexity index is 1910. The lowest BCUT2D eigenvalue weighted by molar-refractivity contribution is 0.773. The molecule has 0 radical (unpaired) electrons. The van der Waals surface area contributed by atoms with Gasteiger partial charge in [-0.3, -0.25) is 0 Å². The lowest BCUT2D eigenvalue weighted by Crippen LogP contribution is -2.30. The first-order chi connectivity index (χ1) is 17.8. The molecule has 0 nitrogen and oxygen atoms in total. The molecule has 0 amide bonds. The van der Waals surface area contributed by atoms with Crippen LogP contribution in [0, 0.1) is 0 Å². The van der Waals surface area contributed by atoms with Gasteiger partial charge in [0.1, 0.15) is 0 Å². The maximum absolute atomic E-state index is 3.75. The van der Waals surface area contributed by atoms with Gasteiger partial charge in [-0.2, -0.15) is 0 Å². The van der Waals surface area contributed by atoms with Crippen molar-refractivity contribution in [1.29, 1.82) is 0 Å². The molecule has 0 saturated heterocycles. The monoisotopic (exact) mass is 520 g/mol. The highest BCUT2D eigenvalue weighted by Crippen LogP contribution is 2.61. The predicted octanol–water partition coefficient (Wildman–Crippen LogP) is 9.60. The van der Waals surface area contributed by atoms with Crippen LogP contribution in [0.4, 0.5) is 0 Å². The SMILES string of the molecule is Brc1ccc2c(c1)C=Cc1ccccc1C21c2ccccc2-c2c1c1ccccc1c1ccccc21. The minimum atomic E-state index is -0.425. The topological polar surface area (TPSA) is 0 Å². The first-order valence-corrected chi connectivity index (χ1v) is 13.2. The number of hydrogen-bond donors (Lipinski definition) is 0. The van der Waals surface area contributed by atoms with Gasteiger partial charge in [-0.05, 0) is 78.2 Å². The molecule has 2 aliphatic rings. The molecular formula is C35H21Br. The Labute approximate surface area is 218 Å². The second kappa shape index (κ2) is 7.29. The molecule has 6 aromatic carbocycles. The zero-order valence-electron chi connectivity index (χ0n) is 19.5. The Hall–Kier alpha value is -3.94. The van der Waals surface area contributed by atoms with Crippen molar-refractivity contribution in [3.05, 3.63) is 153 Å². The van der Waals surface area contributed by atoms with E-state index in [0.29, 0.717) is 0 Å². The maximum atomic E-state index is 3.75. The standard InChI is InChI=1S/C35H21Br/c36-24-19-20-31-23(21-24)18-17-22-9-1-7-15-30(22)35(31)32-16-8-6-14-29(32)33-27-12-4-2-10-25(27)26-11-3-5-13-28(26)34(33)35/h1-21H. The Morgan fingerprint density at radius 2 is 1.06 bits per heavy atom. The van der Waals surface area contributed by atoms with Gasteiger partial charge in [0.2, 0.25) is 0 Å². The number of fused-ring (bicyclic) bond motifs is 14. The van der Waals surface area contributed by atoms with Crippen molar-refractivity contribution in [2.75, 3.05) is 0 Å². The van der Waals surface area contributed by atoms with E-state index in [9.17, 15) is 0 Å². The lowest BCUT2D eigenvalue weighted by Gasteiger charge is -2.36. The van der Waals surface area contributed by atoms with Crippen molar-refractivity contribution >= 4 is 49.6 Å².